The van der Waals surface area contributed by atoms with Crippen molar-refractivity contribution >= 4 is 34.4 Å². The first-order valence-electron chi connectivity index (χ1n) is 12.4. The van der Waals surface area contributed by atoms with E-state index in [1.165, 1.54) is 0 Å². The Morgan fingerprint density at radius 2 is 1.74 bits per heavy atom. The largest absolute Gasteiger partial charge is 0.496 e. The smallest absolute Gasteiger partial charge is 0.335 e. The molecular weight excluding hydrogens is 508 g/mol. The van der Waals surface area contributed by atoms with Crippen LogP contribution in [0.15, 0.2) is 54.7 Å². The number of hydroxylamine groups is 1. The maximum atomic E-state index is 13.1. The Bertz CT molecular complexity index is 1470. The summed E-state index contributed by atoms with van der Waals surface area (Å²) in [6, 6.07) is 14.2. The van der Waals surface area contributed by atoms with Gasteiger partial charge in [-0.1, -0.05) is 36.9 Å². The van der Waals surface area contributed by atoms with E-state index in [9.17, 15) is 9.59 Å². The molecule has 2 aromatic heterocycles. The number of carbonyl (C=O) groups excluding carboxylic acids is 2. The van der Waals surface area contributed by atoms with E-state index in [-0.39, 0.29) is 11.6 Å². The number of fused-ring (bicyclic) bond motifs is 1. The summed E-state index contributed by atoms with van der Waals surface area (Å²) in [7, 11) is 3.11. The van der Waals surface area contributed by atoms with Crippen molar-refractivity contribution in [1.82, 2.24) is 20.2 Å². The molecular formula is C28H27ClN4O5. The van der Waals surface area contributed by atoms with Gasteiger partial charge in [0.15, 0.2) is 5.69 Å². The second-order valence-corrected chi connectivity index (χ2v) is 9.48. The summed E-state index contributed by atoms with van der Waals surface area (Å²) in [5, 5.41) is 5.93. The summed E-state index contributed by atoms with van der Waals surface area (Å²) >= 11 is 6.20. The molecule has 1 saturated carbocycles. The third-order valence-corrected chi connectivity index (χ3v) is 6.95. The fraction of sp³-hybridized carbons (Fsp3) is 0.286. The summed E-state index contributed by atoms with van der Waals surface area (Å²) in [6.07, 6.45) is 6.24. The summed E-state index contributed by atoms with van der Waals surface area (Å²) < 4.78 is 12.9. The lowest BCUT2D eigenvalue weighted by Crippen LogP contribution is -2.31. The number of hydrogen-bond donors (Lipinski definition) is 1. The molecule has 1 aliphatic carbocycles. The highest BCUT2D eigenvalue weighted by Crippen LogP contribution is 2.40. The first-order valence-corrected chi connectivity index (χ1v) is 12.7. The Hall–Kier alpha value is -4.11. The van der Waals surface area contributed by atoms with Crippen molar-refractivity contribution in [1.29, 1.82) is 0 Å². The molecule has 0 saturated heterocycles. The van der Waals surface area contributed by atoms with Crippen molar-refractivity contribution in [2.45, 2.75) is 32.1 Å². The lowest BCUT2D eigenvalue weighted by Gasteiger charge is -2.19. The molecule has 0 atom stereocenters. The quantitative estimate of drug-likeness (QED) is 0.324. The van der Waals surface area contributed by atoms with Gasteiger partial charge in [0.25, 0.3) is 0 Å². The molecule has 0 radical (unpaired) electrons. The van der Waals surface area contributed by atoms with Crippen molar-refractivity contribution in [2.24, 2.45) is 5.92 Å². The number of nitrogens with one attached hydrogen (secondary N) is 1. The number of pyridine rings is 1. The molecule has 0 spiro atoms. The summed E-state index contributed by atoms with van der Waals surface area (Å²) in [5.74, 6) is -0.222. The van der Waals surface area contributed by atoms with Crippen LogP contribution >= 0.6 is 11.6 Å². The molecule has 5 rings (SSSR count). The molecule has 1 aliphatic rings. The number of halogens is 1. The number of nitrogens with zero attached hydrogens (tertiary/aromatic N) is 3. The minimum atomic E-state index is -0.649. The van der Waals surface area contributed by atoms with Crippen LogP contribution in [0.3, 0.4) is 0 Å². The number of amides is 1. The van der Waals surface area contributed by atoms with E-state index in [0.29, 0.717) is 39.0 Å². The lowest BCUT2D eigenvalue weighted by molar-refractivity contribution is -0.155. The molecule has 2 aromatic carbocycles. The number of methoxy groups -OCH3 is 2. The summed E-state index contributed by atoms with van der Waals surface area (Å²) in [6.45, 7) is 0. The van der Waals surface area contributed by atoms with Gasteiger partial charge in [0.2, 0.25) is 0 Å². The molecule has 1 fully saturated rings. The van der Waals surface area contributed by atoms with Crippen molar-refractivity contribution in [3.8, 4) is 28.4 Å². The molecule has 4 aromatic rings. The predicted molar refractivity (Wildman–Crippen MR) is 143 cm³/mol. The van der Waals surface area contributed by atoms with E-state index in [1.54, 1.807) is 61.5 Å². The second-order valence-electron chi connectivity index (χ2n) is 9.04. The monoisotopic (exact) mass is 534 g/mol. The zero-order valence-corrected chi connectivity index (χ0v) is 21.8. The highest BCUT2D eigenvalue weighted by atomic mass is 35.5. The van der Waals surface area contributed by atoms with Crippen LogP contribution in [0, 0.1) is 5.92 Å². The zero-order chi connectivity index (χ0) is 26.6. The predicted octanol–water partition coefficient (Wildman–Crippen LogP) is 5.53. The van der Waals surface area contributed by atoms with Gasteiger partial charge in [0, 0.05) is 16.6 Å². The van der Waals surface area contributed by atoms with Gasteiger partial charge in [-0.25, -0.2) is 9.48 Å². The topological polar surface area (TPSA) is 105 Å². The van der Waals surface area contributed by atoms with Crippen molar-refractivity contribution in [2.75, 3.05) is 14.2 Å². The number of hydrogen-bond acceptors (Lipinski definition) is 7. The molecule has 0 bridgehead atoms. The minimum Gasteiger partial charge on any atom is -0.496 e. The Labute approximate surface area is 224 Å². The van der Waals surface area contributed by atoms with Crippen LogP contribution in [0.2, 0.25) is 5.02 Å². The van der Waals surface area contributed by atoms with Crippen LogP contribution in [0.4, 0.5) is 0 Å². The van der Waals surface area contributed by atoms with E-state index in [4.69, 9.17) is 25.9 Å². The standard InChI is InChI=1S/C28H27ClN4O5/c1-36-24-9-6-10-25(37-2)26(24)23-16-21(27(34)32-38-28(35)17-7-4-3-5-8-17)31-33(23)22-13-14-30-20-15-18(29)11-12-19(20)22/h6,9-17H,3-5,7-8H2,1-2H3,(H,32,34). The van der Waals surface area contributed by atoms with Crippen LogP contribution in [-0.2, 0) is 9.63 Å². The number of benzene rings is 2. The fourth-order valence-corrected chi connectivity index (χ4v) is 4.99. The number of aromatic nitrogens is 3. The van der Waals surface area contributed by atoms with Gasteiger partial charge in [-0.2, -0.15) is 10.6 Å². The lowest BCUT2D eigenvalue weighted by atomic mass is 9.89. The molecule has 38 heavy (non-hydrogen) atoms. The van der Waals surface area contributed by atoms with Crippen LogP contribution < -0.4 is 15.0 Å². The van der Waals surface area contributed by atoms with E-state index >= 15 is 0 Å². The van der Waals surface area contributed by atoms with E-state index in [0.717, 1.165) is 37.5 Å². The van der Waals surface area contributed by atoms with Crippen molar-refractivity contribution in [3.05, 3.63) is 65.4 Å². The first-order chi connectivity index (χ1) is 18.5. The van der Waals surface area contributed by atoms with Gasteiger partial charge in [0.1, 0.15) is 11.5 Å². The average molecular weight is 535 g/mol. The maximum Gasteiger partial charge on any atom is 0.335 e. The Balaban J connectivity index is 1.58. The molecule has 2 heterocycles. The highest BCUT2D eigenvalue weighted by molar-refractivity contribution is 6.31. The molecule has 1 N–H and O–H groups in total. The number of carbonyl (C=O) groups is 2. The van der Waals surface area contributed by atoms with Gasteiger partial charge in [-0.3, -0.25) is 9.78 Å². The molecule has 196 valence electrons. The fourth-order valence-electron chi connectivity index (χ4n) is 4.82. The normalized spacial score (nSPS) is 13.8. The molecule has 9 nitrogen and oxygen atoms in total. The van der Waals surface area contributed by atoms with Gasteiger partial charge in [-0.05, 0) is 55.3 Å². The van der Waals surface area contributed by atoms with E-state index < -0.39 is 11.9 Å². The van der Waals surface area contributed by atoms with Gasteiger partial charge in [-0.15, -0.1) is 0 Å². The molecule has 10 heteroatoms. The third-order valence-electron chi connectivity index (χ3n) is 6.72. The SMILES string of the molecule is COc1cccc(OC)c1-c1cc(C(=O)NOC(=O)C2CCCCC2)nn1-c1ccnc2cc(Cl)ccc12. The maximum absolute atomic E-state index is 13.1. The molecule has 0 aliphatic heterocycles. The van der Waals surface area contributed by atoms with E-state index in [2.05, 4.69) is 15.6 Å². The van der Waals surface area contributed by atoms with Gasteiger partial charge in [0.05, 0.1) is 42.6 Å². The van der Waals surface area contributed by atoms with E-state index in [1.807, 2.05) is 12.1 Å². The second kappa shape index (κ2) is 11.1. The van der Waals surface area contributed by atoms with Gasteiger partial charge >= 0.3 is 11.9 Å². The zero-order valence-electron chi connectivity index (χ0n) is 21.1. The van der Waals surface area contributed by atoms with Crippen LogP contribution in [0.25, 0.3) is 27.8 Å². The van der Waals surface area contributed by atoms with Crippen LogP contribution in [0.5, 0.6) is 11.5 Å². The van der Waals surface area contributed by atoms with Crippen LogP contribution in [-0.4, -0.2) is 40.9 Å². The summed E-state index contributed by atoms with van der Waals surface area (Å²) in [4.78, 5) is 35.2. The van der Waals surface area contributed by atoms with Crippen LogP contribution in [0.1, 0.15) is 42.6 Å². The first kappa shape index (κ1) is 25.5. The third kappa shape index (κ3) is 5.02. The Morgan fingerprint density at radius 1 is 1.00 bits per heavy atom. The number of ether oxygens (including phenoxy) is 2. The van der Waals surface area contributed by atoms with Crippen molar-refractivity contribution in [3.63, 3.8) is 0 Å². The van der Waals surface area contributed by atoms with Crippen molar-refractivity contribution < 1.29 is 23.9 Å². The Morgan fingerprint density at radius 3 is 2.45 bits per heavy atom. The minimum absolute atomic E-state index is 0.0447. The summed E-state index contributed by atoms with van der Waals surface area (Å²) in [5.41, 5.74) is 4.78. The average Bonchev–Trinajstić information content (AvgIpc) is 3.40. The molecule has 1 amide bonds. The Kier molecular flexibility index (Phi) is 7.46. The molecule has 0 unspecified atom stereocenters. The number of rotatable bonds is 6. The van der Waals surface area contributed by atoms with Gasteiger partial charge < -0.3 is 14.3 Å². The highest BCUT2D eigenvalue weighted by Gasteiger charge is 2.26.